The molecule has 2 heterocycles. The zero-order valence-corrected chi connectivity index (χ0v) is 19.7. The van der Waals surface area contributed by atoms with Gasteiger partial charge >= 0.3 is 0 Å². The van der Waals surface area contributed by atoms with Gasteiger partial charge < -0.3 is 0 Å². The van der Waals surface area contributed by atoms with Crippen LogP contribution < -0.4 is 0 Å². The molecule has 0 amide bonds. The molecular formula is C32H20N2S. The van der Waals surface area contributed by atoms with Gasteiger partial charge in [-0.2, -0.15) is 0 Å². The minimum absolute atomic E-state index is 0.755. The highest BCUT2D eigenvalue weighted by atomic mass is 32.1. The van der Waals surface area contributed by atoms with E-state index in [1.165, 1.54) is 26.4 Å². The summed E-state index contributed by atoms with van der Waals surface area (Å²) >= 11 is 1.73. The Hall–Kier alpha value is -4.34. The fourth-order valence-electron chi connectivity index (χ4n) is 4.76. The molecule has 0 N–H and O–H groups in total. The van der Waals surface area contributed by atoms with Crippen molar-refractivity contribution in [1.29, 1.82) is 0 Å². The Labute approximate surface area is 207 Å². The second-order valence-corrected chi connectivity index (χ2v) is 9.71. The number of nitrogens with zero attached hydrogens (tertiary/aromatic N) is 2. The van der Waals surface area contributed by atoms with E-state index >= 15 is 0 Å². The summed E-state index contributed by atoms with van der Waals surface area (Å²) in [6.45, 7) is 0. The van der Waals surface area contributed by atoms with E-state index in [0.717, 1.165) is 38.4 Å². The third kappa shape index (κ3) is 3.49. The minimum Gasteiger partial charge on any atom is -0.227 e. The standard InChI is InChI=1S/C32H20N2S/c1-2-10-22(11-3-1)30-29-27-15-6-7-16-28(27)35-32(29)34-31(33-30)26-14-8-13-24(20-26)25-18-17-21-9-4-5-12-23(21)19-25/h1-20H. The summed E-state index contributed by atoms with van der Waals surface area (Å²) in [5.41, 5.74) is 5.47. The summed E-state index contributed by atoms with van der Waals surface area (Å²) in [5, 5.41) is 4.83. The Morgan fingerprint density at radius 3 is 2.11 bits per heavy atom. The molecule has 7 aromatic rings. The van der Waals surface area contributed by atoms with E-state index in [2.05, 4.69) is 115 Å². The van der Waals surface area contributed by atoms with Crippen molar-refractivity contribution in [3.63, 3.8) is 0 Å². The maximum absolute atomic E-state index is 5.14. The fraction of sp³-hybridized carbons (Fsp3) is 0. The molecule has 3 heteroatoms. The lowest BCUT2D eigenvalue weighted by molar-refractivity contribution is 1.24. The Kier molecular flexibility index (Phi) is 4.68. The molecule has 0 aliphatic heterocycles. The average Bonchev–Trinajstić information content (AvgIpc) is 3.31. The summed E-state index contributed by atoms with van der Waals surface area (Å²) in [4.78, 5) is 11.2. The van der Waals surface area contributed by atoms with Crippen molar-refractivity contribution in [3.8, 4) is 33.8 Å². The molecule has 0 radical (unpaired) electrons. The highest BCUT2D eigenvalue weighted by Crippen LogP contribution is 2.39. The number of fused-ring (bicyclic) bond motifs is 4. The van der Waals surface area contributed by atoms with E-state index < -0.39 is 0 Å². The number of benzene rings is 5. The maximum Gasteiger partial charge on any atom is 0.161 e. The van der Waals surface area contributed by atoms with Crippen LogP contribution in [0.1, 0.15) is 0 Å². The number of thiophene rings is 1. The minimum atomic E-state index is 0.755. The first kappa shape index (κ1) is 20.1. The van der Waals surface area contributed by atoms with Crippen LogP contribution in [0.2, 0.25) is 0 Å². The molecule has 0 aliphatic carbocycles. The van der Waals surface area contributed by atoms with Gasteiger partial charge in [-0.15, -0.1) is 11.3 Å². The first-order valence-corrected chi connectivity index (χ1v) is 12.5. The lowest BCUT2D eigenvalue weighted by Gasteiger charge is -2.09. The predicted molar refractivity (Wildman–Crippen MR) is 149 cm³/mol. The first-order valence-electron chi connectivity index (χ1n) is 11.7. The van der Waals surface area contributed by atoms with Crippen LogP contribution in [0.3, 0.4) is 0 Å². The molecule has 35 heavy (non-hydrogen) atoms. The summed E-state index contributed by atoms with van der Waals surface area (Å²) in [5.74, 6) is 0.755. The van der Waals surface area contributed by atoms with E-state index in [9.17, 15) is 0 Å². The monoisotopic (exact) mass is 464 g/mol. The Morgan fingerprint density at radius 2 is 1.20 bits per heavy atom. The van der Waals surface area contributed by atoms with Gasteiger partial charge in [-0.25, -0.2) is 9.97 Å². The van der Waals surface area contributed by atoms with Crippen molar-refractivity contribution in [1.82, 2.24) is 9.97 Å². The Balaban J connectivity index is 1.43. The van der Waals surface area contributed by atoms with Gasteiger partial charge in [0.15, 0.2) is 5.82 Å². The van der Waals surface area contributed by atoms with Crippen molar-refractivity contribution in [2.45, 2.75) is 0 Å². The summed E-state index contributed by atoms with van der Waals surface area (Å²) in [7, 11) is 0. The average molecular weight is 465 g/mol. The molecule has 7 rings (SSSR count). The quantitative estimate of drug-likeness (QED) is 0.261. The Morgan fingerprint density at radius 1 is 0.486 bits per heavy atom. The van der Waals surface area contributed by atoms with Gasteiger partial charge in [-0.05, 0) is 40.1 Å². The van der Waals surface area contributed by atoms with Crippen LogP contribution in [0.4, 0.5) is 0 Å². The van der Waals surface area contributed by atoms with E-state index in [1.54, 1.807) is 11.3 Å². The second kappa shape index (κ2) is 8.15. The molecule has 0 unspecified atom stereocenters. The molecule has 2 nitrogen and oxygen atoms in total. The molecular weight excluding hydrogens is 444 g/mol. The molecule has 0 atom stereocenters. The molecule has 0 aliphatic rings. The molecule has 0 saturated carbocycles. The maximum atomic E-state index is 5.14. The lowest BCUT2D eigenvalue weighted by atomic mass is 9.99. The van der Waals surface area contributed by atoms with Crippen molar-refractivity contribution in [2.75, 3.05) is 0 Å². The van der Waals surface area contributed by atoms with Crippen molar-refractivity contribution < 1.29 is 0 Å². The summed E-state index contributed by atoms with van der Waals surface area (Å²) in [6, 6.07) is 42.6. The van der Waals surface area contributed by atoms with Crippen LogP contribution in [0.15, 0.2) is 121 Å². The predicted octanol–water partition coefficient (Wildman–Crippen LogP) is 9.00. The summed E-state index contributed by atoms with van der Waals surface area (Å²) in [6.07, 6.45) is 0. The zero-order chi connectivity index (χ0) is 23.2. The van der Waals surface area contributed by atoms with Gasteiger partial charge in [0.2, 0.25) is 0 Å². The number of aromatic nitrogens is 2. The lowest BCUT2D eigenvalue weighted by Crippen LogP contribution is -1.94. The largest absolute Gasteiger partial charge is 0.227 e. The SMILES string of the molecule is c1ccc(-c2nc(-c3cccc(-c4ccc5ccccc5c4)c3)nc3sc4ccccc4c23)cc1. The fourth-order valence-corrected chi connectivity index (χ4v) is 5.84. The molecule has 2 aromatic heterocycles. The molecule has 0 bridgehead atoms. The van der Waals surface area contributed by atoms with Gasteiger partial charge in [-0.1, -0.05) is 103 Å². The Bertz CT molecular complexity index is 1850. The van der Waals surface area contributed by atoms with E-state index in [0.29, 0.717) is 0 Å². The molecule has 0 fully saturated rings. The van der Waals surface area contributed by atoms with Crippen molar-refractivity contribution in [2.24, 2.45) is 0 Å². The number of rotatable bonds is 3. The van der Waals surface area contributed by atoms with Crippen molar-refractivity contribution >= 4 is 42.4 Å². The molecule has 164 valence electrons. The van der Waals surface area contributed by atoms with Crippen LogP contribution in [-0.4, -0.2) is 9.97 Å². The molecule has 0 saturated heterocycles. The molecule has 5 aromatic carbocycles. The third-order valence-corrected chi connectivity index (χ3v) is 7.55. The smallest absolute Gasteiger partial charge is 0.161 e. The van der Waals surface area contributed by atoms with Crippen LogP contribution in [0, 0.1) is 0 Å². The third-order valence-electron chi connectivity index (χ3n) is 6.49. The first-order chi connectivity index (χ1) is 17.3. The number of hydrogen-bond acceptors (Lipinski definition) is 3. The molecule has 0 spiro atoms. The van der Waals surface area contributed by atoms with Gasteiger partial charge in [-0.3, -0.25) is 0 Å². The van der Waals surface area contributed by atoms with Crippen LogP contribution in [0.25, 0.3) is 64.8 Å². The van der Waals surface area contributed by atoms with E-state index in [4.69, 9.17) is 9.97 Å². The van der Waals surface area contributed by atoms with Crippen LogP contribution in [-0.2, 0) is 0 Å². The van der Waals surface area contributed by atoms with Crippen LogP contribution >= 0.6 is 11.3 Å². The topological polar surface area (TPSA) is 25.8 Å². The summed E-state index contributed by atoms with van der Waals surface area (Å²) < 4.78 is 1.23. The highest BCUT2D eigenvalue weighted by Gasteiger charge is 2.16. The van der Waals surface area contributed by atoms with Gasteiger partial charge in [0.25, 0.3) is 0 Å². The van der Waals surface area contributed by atoms with E-state index in [-0.39, 0.29) is 0 Å². The normalized spacial score (nSPS) is 11.4. The second-order valence-electron chi connectivity index (χ2n) is 8.68. The van der Waals surface area contributed by atoms with Crippen LogP contribution in [0.5, 0.6) is 0 Å². The van der Waals surface area contributed by atoms with Crippen molar-refractivity contribution in [3.05, 3.63) is 121 Å². The van der Waals surface area contributed by atoms with Gasteiger partial charge in [0.1, 0.15) is 4.83 Å². The van der Waals surface area contributed by atoms with E-state index in [1.807, 2.05) is 6.07 Å². The zero-order valence-electron chi connectivity index (χ0n) is 18.8. The number of hydrogen-bond donors (Lipinski definition) is 0. The highest BCUT2D eigenvalue weighted by molar-refractivity contribution is 7.25. The van der Waals surface area contributed by atoms with Gasteiger partial charge in [0, 0.05) is 26.6 Å². The van der Waals surface area contributed by atoms with Gasteiger partial charge in [0.05, 0.1) is 5.69 Å².